The third-order valence-corrected chi connectivity index (χ3v) is 3.42. The number of hydrogen-bond acceptors (Lipinski definition) is 3. The lowest BCUT2D eigenvalue weighted by Gasteiger charge is -2.15. The smallest absolute Gasteiger partial charge is 0.335 e. The monoisotopic (exact) mass is 258 g/mol. The third kappa shape index (κ3) is 8.51. The summed E-state index contributed by atoms with van der Waals surface area (Å²) in [6, 6.07) is 0. The van der Waals surface area contributed by atoms with Gasteiger partial charge in [-0.2, -0.15) is 0 Å². The van der Waals surface area contributed by atoms with Gasteiger partial charge in [0.15, 0.2) is 6.10 Å². The van der Waals surface area contributed by atoms with Gasteiger partial charge < -0.3 is 9.84 Å². The minimum atomic E-state index is -0.959. The van der Waals surface area contributed by atoms with E-state index in [0.717, 1.165) is 19.3 Å². The van der Waals surface area contributed by atoms with Crippen molar-refractivity contribution < 1.29 is 14.6 Å². The van der Waals surface area contributed by atoms with Gasteiger partial charge in [0.2, 0.25) is 0 Å². The van der Waals surface area contributed by atoms with Crippen LogP contribution in [-0.4, -0.2) is 23.8 Å². The Morgan fingerprint density at radius 1 is 1.06 bits per heavy atom. The number of esters is 1. The molecule has 1 N–H and O–H groups in total. The Morgan fingerprint density at radius 2 is 1.61 bits per heavy atom. The molecule has 3 heteroatoms. The van der Waals surface area contributed by atoms with E-state index in [1.807, 2.05) is 13.8 Å². The van der Waals surface area contributed by atoms with E-state index in [4.69, 9.17) is 4.74 Å². The zero-order valence-corrected chi connectivity index (χ0v) is 12.3. The SMILES string of the molecule is CCCCCCCCCOC(=O)C(O)C(C)CC. The van der Waals surface area contributed by atoms with E-state index in [9.17, 15) is 9.90 Å². The van der Waals surface area contributed by atoms with Crippen LogP contribution in [0, 0.1) is 5.92 Å². The minimum absolute atomic E-state index is 0.0217. The molecule has 0 saturated carbocycles. The van der Waals surface area contributed by atoms with Crippen molar-refractivity contribution in [3.8, 4) is 0 Å². The van der Waals surface area contributed by atoms with Crippen molar-refractivity contribution in [2.24, 2.45) is 5.92 Å². The van der Waals surface area contributed by atoms with Crippen LogP contribution in [0.25, 0.3) is 0 Å². The fourth-order valence-corrected chi connectivity index (χ4v) is 1.77. The lowest BCUT2D eigenvalue weighted by Crippen LogP contribution is -2.29. The molecular weight excluding hydrogens is 228 g/mol. The Hall–Kier alpha value is -0.570. The Bertz CT molecular complexity index is 204. The van der Waals surface area contributed by atoms with Crippen LogP contribution in [0.1, 0.15) is 72.1 Å². The van der Waals surface area contributed by atoms with Crippen molar-refractivity contribution in [1.29, 1.82) is 0 Å². The molecule has 3 nitrogen and oxygen atoms in total. The maximum Gasteiger partial charge on any atom is 0.335 e. The van der Waals surface area contributed by atoms with Crippen molar-refractivity contribution >= 4 is 5.97 Å². The lowest BCUT2D eigenvalue weighted by atomic mass is 10.0. The van der Waals surface area contributed by atoms with Crippen LogP contribution in [0.2, 0.25) is 0 Å². The first-order valence-electron chi connectivity index (χ1n) is 7.48. The van der Waals surface area contributed by atoms with E-state index in [1.165, 1.54) is 32.1 Å². The summed E-state index contributed by atoms with van der Waals surface area (Å²) >= 11 is 0. The second kappa shape index (κ2) is 11.5. The molecule has 0 aromatic rings. The Balaban J connectivity index is 3.40. The van der Waals surface area contributed by atoms with Crippen LogP contribution in [0.4, 0.5) is 0 Å². The number of aliphatic hydroxyl groups excluding tert-OH is 1. The lowest BCUT2D eigenvalue weighted by molar-refractivity contribution is -0.156. The van der Waals surface area contributed by atoms with Gasteiger partial charge in [0, 0.05) is 0 Å². The molecule has 0 heterocycles. The molecule has 0 aromatic heterocycles. The molecule has 0 amide bonds. The van der Waals surface area contributed by atoms with Crippen molar-refractivity contribution in [3.05, 3.63) is 0 Å². The molecular formula is C15H30O3. The van der Waals surface area contributed by atoms with Gasteiger partial charge in [0.25, 0.3) is 0 Å². The summed E-state index contributed by atoms with van der Waals surface area (Å²) in [4.78, 5) is 11.4. The summed E-state index contributed by atoms with van der Waals surface area (Å²) in [5.41, 5.74) is 0. The van der Waals surface area contributed by atoms with Crippen LogP contribution in [0.5, 0.6) is 0 Å². The van der Waals surface area contributed by atoms with E-state index in [1.54, 1.807) is 0 Å². The zero-order valence-electron chi connectivity index (χ0n) is 12.3. The molecule has 0 spiro atoms. The zero-order chi connectivity index (χ0) is 13.8. The number of hydrogen-bond donors (Lipinski definition) is 1. The Labute approximate surface area is 112 Å². The van der Waals surface area contributed by atoms with Crippen molar-refractivity contribution in [1.82, 2.24) is 0 Å². The largest absolute Gasteiger partial charge is 0.464 e. The molecule has 0 aliphatic heterocycles. The van der Waals surface area contributed by atoms with Crippen molar-refractivity contribution in [3.63, 3.8) is 0 Å². The number of carbonyl (C=O) groups excluding carboxylic acids is 1. The van der Waals surface area contributed by atoms with Gasteiger partial charge in [-0.3, -0.25) is 0 Å². The highest BCUT2D eigenvalue weighted by atomic mass is 16.5. The van der Waals surface area contributed by atoms with Crippen molar-refractivity contribution in [2.45, 2.75) is 78.2 Å². The molecule has 108 valence electrons. The number of carbonyl (C=O) groups is 1. The summed E-state index contributed by atoms with van der Waals surface area (Å²) in [5, 5.41) is 9.61. The van der Waals surface area contributed by atoms with Crippen LogP contribution < -0.4 is 0 Å². The molecule has 0 aliphatic carbocycles. The Morgan fingerprint density at radius 3 is 2.17 bits per heavy atom. The van der Waals surface area contributed by atoms with E-state index >= 15 is 0 Å². The second-order valence-electron chi connectivity index (χ2n) is 5.12. The van der Waals surface area contributed by atoms with Gasteiger partial charge in [-0.1, -0.05) is 65.7 Å². The average Bonchev–Trinajstić information content (AvgIpc) is 2.39. The average molecular weight is 258 g/mol. The number of aliphatic hydroxyl groups is 1. The predicted molar refractivity (Wildman–Crippen MR) is 74.4 cm³/mol. The van der Waals surface area contributed by atoms with Gasteiger partial charge in [-0.05, 0) is 12.3 Å². The standard InChI is InChI=1S/C15H30O3/c1-4-6-7-8-9-10-11-12-18-15(17)14(16)13(3)5-2/h13-14,16H,4-12H2,1-3H3. The number of rotatable bonds is 11. The first-order valence-corrected chi connectivity index (χ1v) is 7.48. The third-order valence-electron chi connectivity index (χ3n) is 3.42. The molecule has 0 radical (unpaired) electrons. The minimum Gasteiger partial charge on any atom is -0.464 e. The fraction of sp³-hybridized carbons (Fsp3) is 0.933. The maximum atomic E-state index is 11.4. The molecule has 2 atom stereocenters. The highest BCUT2D eigenvalue weighted by Crippen LogP contribution is 2.10. The number of unbranched alkanes of at least 4 members (excludes halogenated alkanes) is 6. The molecule has 0 aromatic carbocycles. The molecule has 0 aliphatic rings. The van der Waals surface area contributed by atoms with Crippen LogP contribution in [0.15, 0.2) is 0 Å². The fourth-order valence-electron chi connectivity index (χ4n) is 1.77. The molecule has 0 fully saturated rings. The predicted octanol–water partition coefficient (Wildman–Crippen LogP) is 3.69. The first-order chi connectivity index (χ1) is 8.63. The van der Waals surface area contributed by atoms with Gasteiger partial charge in [0.1, 0.15) is 0 Å². The van der Waals surface area contributed by atoms with E-state index < -0.39 is 12.1 Å². The van der Waals surface area contributed by atoms with Crippen LogP contribution in [0.3, 0.4) is 0 Å². The highest BCUT2D eigenvalue weighted by molar-refractivity contribution is 5.74. The molecule has 0 saturated heterocycles. The first kappa shape index (κ1) is 17.4. The van der Waals surface area contributed by atoms with Crippen LogP contribution in [-0.2, 0) is 9.53 Å². The normalized spacial score (nSPS) is 14.2. The summed E-state index contributed by atoms with van der Waals surface area (Å²) in [7, 11) is 0. The van der Waals surface area contributed by atoms with E-state index in [-0.39, 0.29) is 5.92 Å². The van der Waals surface area contributed by atoms with Gasteiger partial charge in [-0.15, -0.1) is 0 Å². The van der Waals surface area contributed by atoms with Gasteiger partial charge >= 0.3 is 5.97 Å². The molecule has 18 heavy (non-hydrogen) atoms. The maximum absolute atomic E-state index is 11.4. The molecule has 2 unspecified atom stereocenters. The summed E-state index contributed by atoms with van der Waals surface area (Å²) < 4.78 is 5.07. The summed E-state index contributed by atoms with van der Waals surface area (Å²) in [5.74, 6) is -0.484. The quantitative estimate of drug-likeness (QED) is 0.454. The van der Waals surface area contributed by atoms with E-state index in [2.05, 4.69) is 6.92 Å². The summed E-state index contributed by atoms with van der Waals surface area (Å²) in [6.45, 7) is 6.47. The molecule has 0 rings (SSSR count). The van der Waals surface area contributed by atoms with Gasteiger partial charge in [-0.25, -0.2) is 4.79 Å². The number of ether oxygens (including phenoxy) is 1. The topological polar surface area (TPSA) is 46.5 Å². The van der Waals surface area contributed by atoms with E-state index in [0.29, 0.717) is 6.61 Å². The second-order valence-corrected chi connectivity index (χ2v) is 5.12. The Kier molecular flexibility index (Phi) is 11.2. The van der Waals surface area contributed by atoms with Crippen LogP contribution >= 0.6 is 0 Å². The summed E-state index contributed by atoms with van der Waals surface area (Å²) in [6.07, 6.45) is 8.22. The van der Waals surface area contributed by atoms with Crippen molar-refractivity contribution in [2.75, 3.05) is 6.61 Å². The van der Waals surface area contributed by atoms with Gasteiger partial charge in [0.05, 0.1) is 6.61 Å². The molecule has 0 bridgehead atoms. The highest BCUT2D eigenvalue weighted by Gasteiger charge is 2.21.